The molecule has 0 rings (SSSR count). The molecule has 0 saturated heterocycles. The summed E-state index contributed by atoms with van der Waals surface area (Å²) >= 11 is 0. The molecule has 0 amide bonds. The predicted octanol–water partition coefficient (Wildman–Crippen LogP) is 9.40. The summed E-state index contributed by atoms with van der Waals surface area (Å²) in [4.78, 5) is 10.4. The Labute approximate surface area is 182 Å². The van der Waals surface area contributed by atoms with Crippen molar-refractivity contribution in [1.29, 1.82) is 0 Å². The van der Waals surface area contributed by atoms with Gasteiger partial charge in [0.25, 0.3) is 0 Å². The molecule has 0 unspecified atom stereocenters. The fraction of sp³-hybridized carbons (Fsp3) is 0.815. The van der Waals surface area contributed by atoms with Crippen LogP contribution >= 0.6 is 0 Å². The van der Waals surface area contributed by atoms with E-state index < -0.39 is 5.97 Å². The van der Waals surface area contributed by atoms with Crippen LogP contribution in [0, 0.1) is 0 Å². The van der Waals surface area contributed by atoms with Gasteiger partial charge in [0.1, 0.15) is 0 Å². The largest absolute Gasteiger partial charge is 0.481 e. The minimum Gasteiger partial charge on any atom is -0.481 e. The average molecular weight is 407 g/mol. The quantitative estimate of drug-likeness (QED) is 0.135. The summed E-state index contributed by atoms with van der Waals surface area (Å²) < 4.78 is 0. The zero-order valence-electron chi connectivity index (χ0n) is 19.5. The van der Waals surface area contributed by atoms with E-state index in [1.807, 2.05) is 0 Å². The Hall–Kier alpha value is -1.05. The molecule has 0 bridgehead atoms. The highest BCUT2D eigenvalue weighted by Crippen LogP contribution is 2.13. The van der Waals surface area contributed by atoms with Gasteiger partial charge >= 0.3 is 5.97 Å². The Morgan fingerprint density at radius 2 is 0.931 bits per heavy atom. The second-order valence-electron chi connectivity index (χ2n) is 8.56. The lowest BCUT2D eigenvalue weighted by atomic mass is 10.0. The van der Waals surface area contributed by atoms with Crippen LogP contribution in [-0.4, -0.2) is 11.1 Å². The molecule has 0 spiro atoms. The number of carbonyl (C=O) groups is 1. The molecule has 0 aromatic rings. The van der Waals surface area contributed by atoms with E-state index in [1.54, 1.807) is 0 Å². The number of rotatable bonds is 23. The molecule has 2 nitrogen and oxygen atoms in total. The van der Waals surface area contributed by atoms with E-state index in [-0.39, 0.29) is 0 Å². The molecular formula is C27H50O2. The Morgan fingerprint density at radius 3 is 1.34 bits per heavy atom. The van der Waals surface area contributed by atoms with E-state index in [0.717, 1.165) is 19.3 Å². The number of hydrogen-bond donors (Lipinski definition) is 1. The van der Waals surface area contributed by atoms with Crippen LogP contribution in [0.15, 0.2) is 24.3 Å². The zero-order valence-corrected chi connectivity index (χ0v) is 19.5. The molecule has 0 radical (unpaired) electrons. The molecular weight excluding hydrogens is 356 g/mol. The van der Waals surface area contributed by atoms with Gasteiger partial charge in [0.15, 0.2) is 0 Å². The molecule has 0 heterocycles. The first-order valence-electron chi connectivity index (χ1n) is 12.8. The number of unbranched alkanes of at least 4 members (excludes halogenated alkanes) is 17. The second-order valence-corrected chi connectivity index (χ2v) is 8.56. The zero-order chi connectivity index (χ0) is 21.3. The van der Waals surface area contributed by atoms with Crippen molar-refractivity contribution in [3.63, 3.8) is 0 Å². The van der Waals surface area contributed by atoms with Crippen molar-refractivity contribution in [1.82, 2.24) is 0 Å². The normalized spacial score (nSPS) is 11.8. The van der Waals surface area contributed by atoms with Crippen LogP contribution in [-0.2, 0) is 4.79 Å². The van der Waals surface area contributed by atoms with E-state index in [1.165, 1.54) is 109 Å². The molecule has 0 aromatic heterocycles. The van der Waals surface area contributed by atoms with Gasteiger partial charge < -0.3 is 5.11 Å². The van der Waals surface area contributed by atoms with Crippen molar-refractivity contribution in [2.45, 2.75) is 142 Å². The van der Waals surface area contributed by atoms with Gasteiger partial charge in [0.05, 0.1) is 0 Å². The van der Waals surface area contributed by atoms with Gasteiger partial charge in [-0.3, -0.25) is 4.79 Å². The summed E-state index contributed by atoms with van der Waals surface area (Å²) in [6.07, 6.45) is 35.6. The predicted molar refractivity (Wildman–Crippen MR) is 129 cm³/mol. The number of carboxylic acids is 1. The molecule has 0 aliphatic heterocycles. The summed E-state index contributed by atoms with van der Waals surface area (Å²) in [6, 6.07) is 0. The van der Waals surface area contributed by atoms with E-state index >= 15 is 0 Å². The lowest BCUT2D eigenvalue weighted by Crippen LogP contribution is -1.93. The van der Waals surface area contributed by atoms with Gasteiger partial charge in [-0.25, -0.2) is 0 Å². The monoisotopic (exact) mass is 406 g/mol. The number of carboxylic acid groups (broad SMARTS) is 1. The smallest absolute Gasteiger partial charge is 0.303 e. The van der Waals surface area contributed by atoms with E-state index in [9.17, 15) is 4.79 Å². The first-order chi connectivity index (χ1) is 14.3. The van der Waals surface area contributed by atoms with Crippen molar-refractivity contribution in [3.8, 4) is 0 Å². The van der Waals surface area contributed by atoms with E-state index in [2.05, 4.69) is 31.2 Å². The molecule has 29 heavy (non-hydrogen) atoms. The summed E-state index contributed by atoms with van der Waals surface area (Å²) in [5, 5.41) is 8.59. The number of hydrogen-bond acceptors (Lipinski definition) is 1. The topological polar surface area (TPSA) is 37.3 Å². The third kappa shape index (κ3) is 26.9. The highest BCUT2D eigenvalue weighted by molar-refractivity contribution is 5.66. The van der Waals surface area contributed by atoms with Crippen molar-refractivity contribution in [2.24, 2.45) is 0 Å². The molecule has 0 fully saturated rings. The molecule has 2 heteroatoms. The standard InChI is InChI=1S/C27H50O2/c1-2-3-4-5-6-7-8-9-10-11-12-13-14-15-16-17-18-19-20-21-22-23-24-25-26-27(28)29/h7-8,10-11H,2-6,9,12-26H2,1H3,(H,28,29). The summed E-state index contributed by atoms with van der Waals surface area (Å²) in [5.41, 5.74) is 0. The second kappa shape index (κ2) is 25.0. The molecule has 0 atom stereocenters. The van der Waals surface area contributed by atoms with Gasteiger partial charge in [-0.15, -0.1) is 0 Å². The van der Waals surface area contributed by atoms with Crippen LogP contribution in [0.2, 0.25) is 0 Å². The molecule has 0 aliphatic rings. The summed E-state index contributed by atoms with van der Waals surface area (Å²) in [5.74, 6) is -0.655. The number of allylic oxidation sites excluding steroid dienone is 4. The van der Waals surface area contributed by atoms with Gasteiger partial charge in [0, 0.05) is 6.42 Å². The van der Waals surface area contributed by atoms with E-state index in [4.69, 9.17) is 5.11 Å². The van der Waals surface area contributed by atoms with Gasteiger partial charge in [0.2, 0.25) is 0 Å². The Bertz CT molecular complexity index is 384. The first kappa shape index (κ1) is 27.9. The van der Waals surface area contributed by atoms with Crippen LogP contribution in [0.1, 0.15) is 142 Å². The van der Waals surface area contributed by atoms with Gasteiger partial charge in [-0.1, -0.05) is 121 Å². The van der Waals surface area contributed by atoms with Gasteiger partial charge in [-0.05, 0) is 38.5 Å². The van der Waals surface area contributed by atoms with Crippen molar-refractivity contribution >= 4 is 5.97 Å². The van der Waals surface area contributed by atoms with Crippen molar-refractivity contribution in [3.05, 3.63) is 24.3 Å². The third-order valence-corrected chi connectivity index (χ3v) is 5.59. The fourth-order valence-corrected chi connectivity index (χ4v) is 3.68. The maximum Gasteiger partial charge on any atom is 0.303 e. The highest BCUT2D eigenvalue weighted by Gasteiger charge is 1.97. The lowest BCUT2D eigenvalue weighted by molar-refractivity contribution is -0.137. The van der Waals surface area contributed by atoms with E-state index in [0.29, 0.717) is 6.42 Å². The Kier molecular flexibility index (Phi) is 24.1. The summed E-state index contributed by atoms with van der Waals surface area (Å²) in [6.45, 7) is 2.27. The maximum atomic E-state index is 10.4. The van der Waals surface area contributed by atoms with Crippen LogP contribution in [0.4, 0.5) is 0 Å². The Morgan fingerprint density at radius 1 is 0.552 bits per heavy atom. The highest BCUT2D eigenvalue weighted by atomic mass is 16.4. The average Bonchev–Trinajstić information content (AvgIpc) is 2.71. The molecule has 0 aliphatic carbocycles. The van der Waals surface area contributed by atoms with Crippen LogP contribution in [0.3, 0.4) is 0 Å². The fourth-order valence-electron chi connectivity index (χ4n) is 3.68. The van der Waals surface area contributed by atoms with Crippen LogP contribution < -0.4 is 0 Å². The van der Waals surface area contributed by atoms with Crippen LogP contribution in [0.5, 0.6) is 0 Å². The van der Waals surface area contributed by atoms with Crippen molar-refractivity contribution in [2.75, 3.05) is 0 Å². The molecule has 0 saturated carbocycles. The minimum atomic E-state index is -0.655. The number of aliphatic carboxylic acids is 1. The lowest BCUT2D eigenvalue weighted by Gasteiger charge is -2.03. The molecule has 170 valence electrons. The third-order valence-electron chi connectivity index (χ3n) is 5.59. The molecule has 0 aromatic carbocycles. The molecule has 1 N–H and O–H groups in total. The van der Waals surface area contributed by atoms with Crippen LogP contribution in [0.25, 0.3) is 0 Å². The summed E-state index contributed by atoms with van der Waals surface area (Å²) in [7, 11) is 0. The first-order valence-corrected chi connectivity index (χ1v) is 12.8. The minimum absolute atomic E-state index is 0.340. The van der Waals surface area contributed by atoms with Crippen molar-refractivity contribution < 1.29 is 9.90 Å². The Balaban J connectivity index is 3.12. The SMILES string of the molecule is CCCCCCC=CCC=CCCCCCCCCCCCCCCCC(=O)O. The van der Waals surface area contributed by atoms with Gasteiger partial charge in [-0.2, -0.15) is 0 Å². The maximum absolute atomic E-state index is 10.4.